The summed E-state index contributed by atoms with van der Waals surface area (Å²) in [5, 5.41) is 0. The zero-order valence-corrected chi connectivity index (χ0v) is 5.93. The van der Waals surface area contributed by atoms with Crippen LogP contribution in [0.4, 0.5) is 8.78 Å². The second-order valence-electron chi connectivity index (χ2n) is 3.46. The highest BCUT2D eigenvalue weighted by atomic mass is 19.3. The molecule has 0 spiro atoms. The van der Waals surface area contributed by atoms with Crippen LogP contribution in [0.2, 0.25) is 0 Å². The summed E-state index contributed by atoms with van der Waals surface area (Å²) in [6.45, 7) is 1.78. The largest absolute Gasteiger partial charge is 0.306 e. The van der Waals surface area contributed by atoms with Crippen molar-refractivity contribution in [2.24, 2.45) is 17.8 Å². The topological polar surface area (TPSA) is 3.24 Å². The van der Waals surface area contributed by atoms with Crippen molar-refractivity contribution in [2.45, 2.75) is 6.43 Å². The van der Waals surface area contributed by atoms with Crippen molar-refractivity contribution in [3.05, 3.63) is 0 Å². The maximum atomic E-state index is 12.0. The van der Waals surface area contributed by atoms with E-state index in [9.17, 15) is 8.78 Å². The fourth-order valence-electron chi connectivity index (χ4n) is 2.16. The Kier molecular flexibility index (Phi) is 1.24. The molecule has 0 aromatic heterocycles. The predicted molar refractivity (Wildman–Crippen MR) is 34.0 cm³/mol. The highest BCUT2D eigenvalue weighted by Crippen LogP contribution is 2.54. The maximum absolute atomic E-state index is 12.0. The summed E-state index contributed by atoms with van der Waals surface area (Å²) in [4.78, 5) is 2.13. The van der Waals surface area contributed by atoms with Gasteiger partial charge >= 0.3 is 0 Å². The fourth-order valence-corrected chi connectivity index (χ4v) is 2.16. The molecule has 58 valence electrons. The lowest BCUT2D eigenvalue weighted by Gasteiger charge is -2.11. The third-order valence-electron chi connectivity index (χ3n) is 2.73. The van der Waals surface area contributed by atoms with E-state index in [0.717, 1.165) is 13.1 Å². The lowest BCUT2D eigenvalue weighted by Crippen LogP contribution is -2.21. The molecule has 2 aliphatic rings. The van der Waals surface area contributed by atoms with Gasteiger partial charge < -0.3 is 4.90 Å². The number of alkyl halides is 2. The standard InChI is InChI=1S/C7H11F2N/c1-10-2-4-5(3-10)6(4)7(8)9/h4-7H,2-3H2,1H3/t4-,5+,6?. The van der Waals surface area contributed by atoms with E-state index < -0.39 is 6.43 Å². The molecule has 0 bridgehead atoms. The van der Waals surface area contributed by atoms with Crippen LogP contribution in [0.15, 0.2) is 0 Å². The Hall–Kier alpha value is -0.180. The Balaban J connectivity index is 1.92. The quantitative estimate of drug-likeness (QED) is 0.536. The molecule has 1 saturated heterocycles. The second kappa shape index (κ2) is 1.91. The van der Waals surface area contributed by atoms with E-state index in [2.05, 4.69) is 4.90 Å². The van der Waals surface area contributed by atoms with E-state index in [1.54, 1.807) is 0 Å². The molecule has 1 saturated carbocycles. The van der Waals surface area contributed by atoms with E-state index in [4.69, 9.17) is 0 Å². The Bertz CT molecular complexity index is 137. The van der Waals surface area contributed by atoms with E-state index >= 15 is 0 Å². The van der Waals surface area contributed by atoms with Crippen molar-refractivity contribution >= 4 is 0 Å². The Morgan fingerprint density at radius 1 is 1.30 bits per heavy atom. The molecule has 1 heterocycles. The number of likely N-dealkylation sites (tertiary alicyclic amines) is 1. The number of hydrogen-bond donors (Lipinski definition) is 0. The number of rotatable bonds is 1. The van der Waals surface area contributed by atoms with Crippen LogP contribution in [0.1, 0.15) is 0 Å². The highest BCUT2D eigenvalue weighted by Gasteiger charge is 2.58. The smallest absolute Gasteiger partial charge is 0.242 e. The van der Waals surface area contributed by atoms with Gasteiger partial charge in [0.25, 0.3) is 0 Å². The number of nitrogens with zero attached hydrogens (tertiary/aromatic N) is 1. The number of fused-ring (bicyclic) bond motifs is 1. The summed E-state index contributed by atoms with van der Waals surface area (Å²) in [7, 11) is 1.99. The van der Waals surface area contributed by atoms with E-state index in [1.165, 1.54) is 0 Å². The molecule has 1 aliphatic carbocycles. The number of hydrogen-bond acceptors (Lipinski definition) is 1. The van der Waals surface area contributed by atoms with Crippen molar-refractivity contribution in [1.29, 1.82) is 0 Å². The van der Waals surface area contributed by atoms with Gasteiger partial charge in [0, 0.05) is 19.0 Å². The molecule has 1 unspecified atom stereocenters. The van der Waals surface area contributed by atoms with Crippen LogP contribution >= 0.6 is 0 Å². The molecule has 1 nitrogen and oxygen atoms in total. The third kappa shape index (κ3) is 0.764. The van der Waals surface area contributed by atoms with Crippen LogP contribution in [-0.2, 0) is 0 Å². The monoisotopic (exact) mass is 147 g/mol. The van der Waals surface area contributed by atoms with E-state index in [0.29, 0.717) is 11.8 Å². The summed E-state index contributed by atoms with van der Waals surface area (Å²) < 4.78 is 24.1. The van der Waals surface area contributed by atoms with Crippen LogP contribution in [0.25, 0.3) is 0 Å². The highest BCUT2D eigenvalue weighted by molar-refractivity contribution is 5.05. The van der Waals surface area contributed by atoms with Gasteiger partial charge in [-0.25, -0.2) is 8.78 Å². The first kappa shape index (κ1) is 6.53. The third-order valence-corrected chi connectivity index (χ3v) is 2.73. The average Bonchev–Trinajstić information content (AvgIpc) is 2.32. The molecular formula is C7H11F2N. The lowest BCUT2D eigenvalue weighted by atomic mass is 10.3. The molecule has 2 fully saturated rings. The van der Waals surface area contributed by atoms with Gasteiger partial charge in [0.1, 0.15) is 0 Å². The molecule has 3 atom stereocenters. The average molecular weight is 147 g/mol. The van der Waals surface area contributed by atoms with Crippen LogP contribution < -0.4 is 0 Å². The first-order valence-electron chi connectivity index (χ1n) is 3.67. The lowest BCUT2D eigenvalue weighted by molar-refractivity contribution is 0.0993. The Labute approximate surface area is 59.0 Å². The molecule has 3 heteroatoms. The first-order chi connectivity index (χ1) is 4.70. The number of piperidine rings is 1. The summed E-state index contributed by atoms with van der Waals surface area (Å²) in [5.41, 5.74) is 0. The van der Waals surface area contributed by atoms with Crippen molar-refractivity contribution in [1.82, 2.24) is 4.90 Å². The summed E-state index contributed by atoms with van der Waals surface area (Å²) >= 11 is 0. The SMILES string of the molecule is CN1C[C@@H]2C(C(F)F)[C@@H]2C1. The molecule has 10 heavy (non-hydrogen) atoms. The zero-order chi connectivity index (χ0) is 7.30. The minimum Gasteiger partial charge on any atom is -0.306 e. The molecular weight excluding hydrogens is 136 g/mol. The van der Waals surface area contributed by atoms with Gasteiger partial charge in [-0.2, -0.15) is 0 Å². The Morgan fingerprint density at radius 3 is 2.20 bits per heavy atom. The van der Waals surface area contributed by atoms with Crippen molar-refractivity contribution < 1.29 is 8.78 Å². The van der Waals surface area contributed by atoms with Crippen molar-refractivity contribution in [3.8, 4) is 0 Å². The predicted octanol–water partition coefficient (Wildman–Crippen LogP) is 1.06. The van der Waals surface area contributed by atoms with Crippen molar-refractivity contribution in [3.63, 3.8) is 0 Å². The van der Waals surface area contributed by atoms with E-state index in [-0.39, 0.29) is 5.92 Å². The van der Waals surface area contributed by atoms with Gasteiger partial charge in [-0.1, -0.05) is 0 Å². The van der Waals surface area contributed by atoms with Gasteiger partial charge in [0.05, 0.1) is 0 Å². The zero-order valence-electron chi connectivity index (χ0n) is 5.93. The minimum atomic E-state index is -2.07. The van der Waals surface area contributed by atoms with Gasteiger partial charge in [-0.15, -0.1) is 0 Å². The molecule has 0 radical (unpaired) electrons. The van der Waals surface area contributed by atoms with Gasteiger partial charge in [-0.3, -0.25) is 0 Å². The van der Waals surface area contributed by atoms with Gasteiger partial charge in [0.2, 0.25) is 6.43 Å². The van der Waals surface area contributed by atoms with E-state index in [1.807, 2.05) is 7.05 Å². The van der Waals surface area contributed by atoms with Gasteiger partial charge in [0.15, 0.2) is 0 Å². The van der Waals surface area contributed by atoms with Crippen molar-refractivity contribution in [2.75, 3.05) is 20.1 Å². The van der Waals surface area contributed by atoms with Crippen LogP contribution in [0.3, 0.4) is 0 Å². The summed E-state index contributed by atoms with van der Waals surface area (Å²) in [5.74, 6) is 0.395. The van der Waals surface area contributed by atoms with Crippen LogP contribution in [-0.4, -0.2) is 31.5 Å². The molecule has 0 aromatic carbocycles. The maximum Gasteiger partial charge on any atom is 0.242 e. The summed E-state index contributed by atoms with van der Waals surface area (Å²) in [6, 6.07) is 0. The molecule has 0 N–H and O–H groups in total. The first-order valence-corrected chi connectivity index (χ1v) is 3.67. The number of halogens is 2. The molecule has 1 aliphatic heterocycles. The van der Waals surface area contributed by atoms with Crippen LogP contribution in [0.5, 0.6) is 0 Å². The summed E-state index contributed by atoms with van der Waals surface area (Å²) in [6.07, 6.45) is -2.07. The van der Waals surface area contributed by atoms with Gasteiger partial charge in [-0.05, 0) is 18.9 Å². The molecule has 2 rings (SSSR count). The molecule has 0 amide bonds. The van der Waals surface area contributed by atoms with Crippen LogP contribution in [0, 0.1) is 17.8 Å². The minimum absolute atomic E-state index is 0.254. The fraction of sp³-hybridized carbons (Fsp3) is 1.00. The normalized spacial score (nSPS) is 46.2. The Morgan fingerprint density at radius 2 is 1.80 bits per heavy atom. The second-order valence-corrected chi connectivity index (χ2v) is 3.46. The molecule has 0 aromatic rings.